The smallest absolute Gasteiger partial charge is 0.182 e. The molecule has 0 unspecified atom stereocenters. The second kappa shape index (κ2) is 3.60. The summed E-state index contributed by atoms with van der Waals surface area (Å²) >= 11 is 3.30. The maximum atomic E-state index is 11.6. The van der Waals surface area contributed by atoms with Crippen molar-refractivity contribution in [3.63, 3.8) is 0 Å². The van der Waals surface area contributed by atoms with E-state index in [4.69, 9.17) is 5.73 Å². The highest BCUT2D eigenvalue weighted by molar-refractivity contribution is 9.10. The Bertz CT molecular complexity index is 311. The number of nitrogens with two attached hydrogens (primary N) is 1. The fourth-order valence-electron chi connectivity index (χ4n) is 0.973. The first kappa shape index (κ1) is 10.4. The molecule has 0 fully saturated rings. The molecule has 1 aromatic rings. The van der Waals surface area contributed by atoms with Gasteiger partial charge in [-0.1, -0.05) is 28.1 Å². The van der Waals surface area contributed by atoms with Crippen molar-refractivity contribution in [1.82, 2.24) is 0 Å². The van der Waals surface area contributed by atoms with Gasteiger partial charge in [-0.05, 0) is 26.0 Å². The first-order valence-corrected chi connectivity index (χ1v) is 4.80. The molecule has 2 N–H and O–H groups in total. The van der Waals surface area contributed by atoms with Gasteiger partial charge in [0.05, 0.1) is 5.54 Å². The van der Waals surface area contributed by atoms with E-state index in [1.807, 2.05) is 12.1 Å². The summed E-state index contributed by atoms with van der Waals surface area (Å²) in [7, 11) is 0. The first-order chi connectivity index (χ1) is 5.91. The lowest BCUT2D eigenvalue weighted by Crippen LogP contribution is -2.41. The third-order valence-corrected chi connectivity index (χ3v) is 2.22. The van der Waals surface area contributed by atoms with Crippen molar-refractivity contribution < 1.29 is 4.79 Å². The lowest BCUT2D eigenvalue weighted by atomic mass is 9.95. The van der Waals surface area contributed by atoms with Crippen LogP contribution in [0.3, 0.4) is 0 Å². The van der Waals surface area contributed by atoms with Crippen LogP contribution < -0.4 is 5.73 Å². The van der Waals surface area contributed by atoms with Crippen LogP contribution in [0.1, 0.15) is 24.2 Å². The zero-order valence-electron chi connectivity index (χ0n) is 7.67. The number of halogens is 1. The minimum absolute atomic E-state index is 0.0417. The highest BCUT2D eigenvalue weighted by Crippen LogP contribution is 2.14. The Labute approximate surface area is 86.3 Å². The number of hydrogen-bond acceptors (Lipinski definition) is 2. The summed E-state index contributed by atoms with van der Waals surface area (Å²) in [6.45, 7) is 3.41. The van der Waals surface area contributed by atoms with E-state index in [-0.39, 0.29) is 5.78 Å². The molecule has 0 aromatic heterocycles. The molecular formula is C10H12BrNO. The van der Waals surface area contributed by atoms with Gasteiger partial charge in [-0.3, -0.25) is 4.79 Å². The van der Waals surface area contributed by atoms with Gasteiger partial charge < -0.3 is 5.73 Å². The number of benzene rings is 1. The maximum Gasteiger partial charge on any atom is 0.182 e. The summed E-state index contributed by atoms with van der Waals surface area (Å²) in [6.07, 6.45) is 0. The van der Waals surface area contributed by atoms with Crippen LogP contribution in [-0.4, -0.2) is 11.3 Å². The van der Waals surface area contributed by atoms with Crippen LogP contribution in [-0.2, 0) is 0 Å². The number of carbonyl (C=O) groups excluding carboxylic acids is 1. The molecule has 0 saturated carbocycles. The topological polar surface area (TPSA) is 43.1 Å². The fourth-order valence-corrected chi connectivity index (χ4v) is 1.24. The van der Waals surface area contributed by atoms with Gasteiger partial charge in [0.25, 0.3) is 0 Å². The van der Waals surface area contributed by atoms with Gasteiger partial charge in [0.1, 0.15) is 0 Å². The molecule has 0 aliphatic heterocycles. The van der Waals surface area contributed by atoms with Crippen LogP contribution in [0.2, 0.25) is 0 Å². The van der Waals surface area contributed by atoms with Crippen LogP contribution >= 0.6 is 15.9 Å². The fraction of sp³-hybridized carbons (Fsp3) is 0.300. The molecule has 0 spiro atoms. The van der Waals surface area contributed by atoms with Gasteiger partial charge in [-0.15, -0.1) is 0 Å². The molecule has 3 heteroatoms. The Hall–Kier alpha value is -0.670. The predicted octanol–water partition coefficient (Wildman–Crippen LogP) is 2.37. The van der Waals surface area contributed by atoms with Gasteiger partial charge in [-0.25, -0.2) is 0 Å². The molecule has 13 heavy (non-hydrogen) atoms. The van der Waals surface area contributed by atoms with E-state index < -0.39 is 5.54 Å². The van der Waals surface area contributed by atoms with E-state index in [2.05, 4.69) is 15.9 Å². The third kappa shape index (κ3) is 2.64. The molecular weight excluding hydrogens is 230 g/mol. The SMILES string of the molecule is CC(C)(N)C(=O)c1ccc(Br)cc1. The standard InChI is InChI=1S/C10H12BrNO/c1-10(2,12)9(13)7-3-5-8(11)6-4-7/h3-6H,12H2,1-2H3. The predicted molar refractivity (Wildman–Crippen MR) is 56.7 cm³/mol. The summed E-state index contributed by atoms with van der Waals surface area (Å²) in [5.41, 5.74) is 5.54. The van der Waals surface area contributed by atoms with E-state index >= 15 is 0 Å². The highest BCUT2D eigenvalue weighted by atomic mass is 79.9. The molecule has 0 aliphatic rings. The van der Waals surface area contributed by atoms with E-state index in [0.717, 1.165) is 4.47 Å². The summed E-state index contributed by atoms with van der Waals surface area (Å²) in [6, 6.07) is 7.19. The van der Waals surface area contributed by atoms with Gasteiger partial charge >= 0.3 is 0 Å². The first-order valence-electron chi connectivity index (χ1n) is 4.00. The monoisotopic (exact) mass is 241 g/mol. The number of carbonyl (C=O) groups is 1. The molecule has 0 aliphatic carbocycles. The third-order valence-electron chi connectivity index (χ3n) is 1.69. The van der Waals surface area contributed by atoms with Crippen molar-refractivity contribution in [2.75, 3.05) is 0 Å². The largest absolute Gasteiger partial charge is 0.319 e. The molecule has 70 valence electrons. The Kier molecular flexibility index (Phi) is 2.88. The molecule has 0 amide bonds. The van der Waals surface area contributed by atoms with Gasteiger partial charge in [-0.2, -0.15) is 0 Å². The number of Topliss-reactive ketones (excluding diaryl/α,β-unsaturated/α-hetero) is 1. The van der Waals surface area contributed by atoms with E-state index in [1.165, 1.54) is 0 Å². The number of ketones is 1. The van der Waals surface area contributed by atoms with Crippen LogP contribution in [0.25, 0.3) is 0 Å². The number of rotatable bonds is 2. The van der Waals surface area contributed by atoms with Crippen LogP contribution in [0.5, 0.6) is 0 Å². The minimum atomic E-state index is -0.798. The van der Waals surface area contributed by atoms with Crippen LogP contribution in [0.4, 0.5) is 0 Å². The molecule has 0 heterocycles. The van der Waals surface area contributed by atoms with E-state index in [0.29, 0.717) is 5.56 Å². The molecule has 1 rings (SSSR count). The van der Waals surface area contributed by atoms with Crippen molar-refractivity contribution in [1.29, 1.82) is 0 Å². The van der Waals surface area contributed by atoms with E-state index in [9.17, 15) is 4.79 Å². The highest BCUT2D eigenvalue weighted by Gasteiger charge is 2.22. The normalized spacial score (nSPS) is 11.4. The van der Waals surface area contributed by atoms with Crippen LogP contribution in [0, 0.1) is 0 Å². The zero-order chi connectivity index (χ0) is 10.1. The van der Waals surface area contributed by atoms with Crippen molar-refractivity contribution >= 4 is 21.7 Å². The lowest BCUT2D eigenvalue weighted by Gasteiger charge is -2.16. The summed E-state index contributed by atoms with van der Waals surface area (Å²) in [5.74, 6) is -0.0417. The molecule has 0 bridgehead atoms. The average molecular weight is 242 g/mol. The van der Waals surface area contributed by atoms with Gasteiger partial charge in [0, 0.05) is 10.0 Å². The van der Waals surface area contributed by atoms with Crippen molar-refractivity contribution in [2.24, 2.45) is 5.73 Å². The Morgan fingerprint density at radius 1 is 1.31 bits per heavy atom. The summed E-state index contributed by atoms with van der Waals surface area (Å²) < 4.78 is 0.957. The Morgan fingerprint density at radius 3 is 2.15 bits per heavy atom. The Morgan fingerprint density at radius 2 is 1.77 bits per heavy atom. The molecule has 1 aromatic carbocycles. The van der Waals surface area contributed by atoms with Crippen LogP contribution in [0.15, 0.2) is 28.7 Å². The quantitative estimate of drug-likeness (QED) is 0.809. The molecule has 2 nitrogen and oxygen atoms in total. The average Bonchev–Trinajstić information content (AvgIpc) is 2.03. The molecule has 0 saturated heterocycles. The minimum Gasteiger partial charge on any atom is -0.319 e. The van der Waals surface area contributed by atoms with Crippen molar-refractivity contribution in [2.45, 2.75) is 19.4 Å². The second-order valence-electron chi connectivity index (χ2n) is 3.56. The lowest BCUT2D eigenvalue weighted by molar-refractivity contribution is 0.0913. The van der Waals surface area contributed by atoms with E-state index in [1.54, 1.807) is 26.0 Å². The second-order valence-corrected chi connectivity index (χ2v) is 4.47. The summed E-state index contributed by atoms with van der Waals surface area (Å²) in [5, 5.41) is 0. The molecule has 0 atom stereocenters. The maximum absolute atomic E-state index is 11.6. The van der Waals surface area contributed by atoms with Crippen molar-refractivity contribution in [3.05, 3.63) is 34.3 Å². The van der Waals surface area contributed by atoms with Gasteiger partial charge in [0.15, 0.2) is 5.78 Å². The summed E-state index contributed by atoms with van der Waals surface area (Å²) in [4.78, 5) is 11.6. The Balaban J connectivity index is 2.97. The van der Waals surface area contributed by atoms with Gasteiger partial charge in [0.2, 0.25) is 0 Å². The molecule has 0 radical (unpaired) electrons. The number of hydrogen-bond donors (Lipinski definition) is 1. The van der Waals surface area contributed by atoms with Crippen molar-refractivity contribution in [3.8, 4) is 0 Å². The zero-order valence-corrected chi connectivity index (χ0v) is 9.26.